The van der Waals surface area contributed by atoms with Gasteiger partial charge in [-0.25, -0.2) is 0 Å². The second kappa shape index (κ2) is 4.30. The minimum atomic E-state index is 0.325. The molecule has 14 heavy (non-hydrogen) atoms. The van der Waals surface area contributed by atoms with Gasteiger partial charge in [-0.2, -0.15) is 0 Å². The van der Waals surface area contributed by atoms with Crippen molar-refractivity contribution < 1.29 is 4.79 Å². The Kier molecular flexibility index (Phi) is 3.06. The molecule has 0 spiro atoms. The molecule has 1 heterocycles. The van der Waals surface area contributed by atoms with Crippen LogP contribution in [-0.2, 0) is 4.79 Å². The first-order valence-electron chi connectivity index (χ1n) is 5.77. The molecule has 0 aromatic rings. The Morgan fingerprint density at radius 3 is 2.43 bits per heavy atom. The summed E-state index contributed by atoms with van der Waals surface area (Å²) in [6, 6.07) is 0.591. The van der Waals surface area contributed by atoms with E-state index in [1.165, 1.54) is 19.3 Å². The molecule has 1 saturated carbocycles. The summed E-state index contributed by atoms with van der Waals surface area (Å²) in [6.07, 6.45) is 5.80. The molecule has 1 N–H and O–H groups in total. The monoisotopic (exact) mass is 196 g/mol. The number of rotatable bonds is 2. The molecule has 1 saturated heterocycles. The predicted octanol–water partition coefficient (Wildman–Crippen LogP) is 0.997. The van der Waals surface area contributed by atoms with Crippen LogP contribution in [0.25, 0.3) is 0 Å². The van der Waals surface area contributed by atoms with Gasteiger partial charge in [-0.05, 0) is 39.2 Å². The lowest BCUT2D eigenvalue weighted by Crippen LogP contribution is -2.49. The summed E-state index contributed by atoms with van der Waals surface area (Å²) in [4.78, 5) is 14.0. The molecular formula is C11H20N2O. The van der Waals surface area contributed by atoms with E-state index in [2.05, 4.69) is 10.2 Å². The van der Waals surface area contributed by atoms with Crippen LogP contribution in [0.4, 0.5) is 0 Å². The normalized spacial score (nSPS) is 32.5. The maximum atomic E-state index is 11.9. The lowest BCUT2D eigenvalue weighted by molar-refractivity contribution is -0.139. The van der Waals surface area contributed by atoms with E-state index >= 15 is 0 Å². The summed E-state index contributed by atoms with van der Waals surface area (Å²) >= 11 is 0. The van der Waals surface area contributed by atoms with Crippen molar-refractivity contribution in [1.82, 2.24) is 10.2 Å². The molecule has 2 aliphatic rings. The Hall–Kier alpha value is -0.570. The predicted molar refractivity (Wildman–Crippen MR) is 56.0 cm³/mol. The van der Waals surface area contributed by atoms with Gasteiger partial charge in [0.1, 0.15) is 0 Å². The minimum absolute atomic E-state index is 0.325. The zero-order valence-corrected chi connectivity index (χ0v) is 8.96. The highest BCUT2D eigenvalue weighted by Gasteiger charge is 2.36. The third kappa shape index (κ3) is 1.92. The van der Waals surface area contributed by atoms with Crippen molar-refractivity contribution >= 4 is 5.91 Å². The molecule has 1 aliphatic heterocycles. The first-order chi connectivity index (χ1) is 6.81. The van der Waals surface area contributed by atoms with Crippen molar-refractivity contribution in [3.8, 4) is 0 Å². The van der Waals surface area contributed by atoms with Gasteiger partial charge in [-0.15, -0.1) is 0 Å². The molecule has 1 amide bonds. The summed E-state index contributed by atoms with van der Waals surface area (Å²) in [7, 11) is 1.98. The topological polar surface area (TPSA) is 32.3 Å². The summed E-state index contributed by atoms with van der Waals surface area (Å²) in [5, 5.41) is 3.22. The lowest BCUT2D eigenvalue weighted by atomic mass is 9.79. The molecule has 0 unspecified atom stereocenters. The van der Waals surface area contributed by atoms with E-state index in [0.717, 1.165) is 25.9 Å². The summed E-state index contributed by atoms with van der Waals surface area (Å²) < 4.78 is 0. The Bertz CT molecular complexity index is 205. The second-order valence-corrected chi connectivity index (χ2v) is 4.54. The highest BCUT2D eigenvalue weighted by Crippen LogP contribution is 2.29. The van der Waals surface area contributed by atoms with E-state index < -0.39 is 0 Å². The number of hydrogen-bond acceptors (Lipinski definition) is 2. The van der Waals surface area contributed by atoms with Gasteiger partial charge in [0, 0.05) is 25.0 Å². The molecule has 3 heteroatoms. The molecule has 0 aromatic carbocycles. The molecule has 0 atom stereocenters. The largest absolute Gasteiger partial charge is 0.342 e. The van der Waals surface area contributed by atoms with Gasteiger partial charge >= 0.3 is 0 Å². The quantitative estimate of drug-likeness (QED) is 0.714. The van der Waals surface area contributed by atoms with Crippen molar-refractivity contribution in [3.63, 3.8) is 0 Å². The van der Waals surface area contributed by atoms with Crippen LogP contribution < -0.4 is 5.32 Å². The fourth-order valence-corrected chi connectivity index (χ4v) is 2.43. The van der Waals surface area contributed by atoms with Gasteiger partial charge in [0.25, 0.3) is 0 Å². The van der Waals surface area contributed by atoms with Crippen LogP contribution in [0.2, 0.25) is 0 Å². The van der Waals surface area contributed by atoms with Crippen molar-refractivity contribution in [2.75, 3.05) is 20.1 Å². The minimum Gasteiger partial charge on any atom is -0.342 e. The lowest BCUT2D eigenvalue weighted by Gasteiger charge is -2.38. The number of carbonyl (C=O) groups is 1. The van der Waals surface area contributed by atoms with E-state index in [1.807, 2.05) is 7.05 Å². The molecule has 0 bridgehead atoms. The molecule has 2 fully saturated rings. The maximum absolute atomic E-state index is 11.9. The average molecular weight is 196 g/mol. The van der Waals surface area contributed by atoms with Crippen molar-refractivity contribution in [2.24, 2.45) is 5.92 Å². The number of carbonyl (C=O) groups excluding carboxylic acids is 1. The highest BCUT2D eigenvalue weighted by atomic mass is 16.2. The van der Waals surface area contributed by atoms with Gasteiger partial charge < -0.3 is 10.2 Å². The molecule has 3 nitrogen and oxygen atoms in total. The third-order valence-electron chi connectivity index (χ3n) is 3.56. The number of nitrogens with one attached hydrogen (secondary N) is 1. The first-order valence-corrected chi connectivity index (χ1v) is 5.77. The third-order valence-corrected chi connectivity index (χ3v) is 3.56. The molecule has 0 radical (unpaired) electrons. The highest BCUT2D eigenvalue weighted by molar-refractivity contribution is 5.80. The maximum Gasteiger partial charge on any atom is 0.225 e. The van der Waals surface area contributed by atoms with E-state index in [0.29, 0.717) is 17.9 Å². The van der Waals surface area contributed by atoms with Crippen molar-refractivity contribution in [3.05, 3.63) is 0 Å². The molecule has 2 rings (SSSR count). The molecular weight excluding hydrogens is 176 g/mol. The van der Waals surface area contributed by atoms with E-state index in [-0.39, 0.29) is 0 Å². The Morgan fingerprint density at radius 2 is 1.86 bits per heavy atom. The summed E-state index contributed by atoms with van der Waals surface area (Å²) in [5.74, 6) is 0.738. The fraction of sp³-hybridized carbons (Fsp3) is 0.909. The van der Waals surface area contributed by atoms with E-state index in [1.54, 1.807) is 0 Å². The van der Waals surface area contributed by atoms with Crippen LogP contribution in [0.5, 0.6) is 0 Å². The first kappa shape index (κ1) is 9.97. The van der Waals surface area contributed by atoms with Crippen LogP contribution in [0.3, 0.4) is 0 Å². The smallest absolute Gasteiger partial charge is 0.225 e. The summed E-state index contributed by atoms with van der Waals surface area (Å²) in [6.45, 7) is 2.00. The SMILES string of the molecule is CNC1CC(C(=O)N2CCCCC2)C1. The zero-order valence-electron chi connectivity index (χ0n) is 8.96. The Balaban J connectivity index is 1.78. The van der Waals surface area contributed by atoms with Crippen molar-refractivity contribution in [2.45, 2.75) is 38.1 Å². The van der Waals surface area contributed by atoms with Gasteiger partial charge in [0.15, 0.2) is 0 Å². The number of likely N-dealkylation sites (tertiary alicyclic amines) is 1. The molecule has 80 valence electrons. The number of hydrogen-bond donors (Lipinski definition) is 1. The zero-order chi connectivity index (χ0) is 9.97. The second-order valence-electron chi connectivity index (χ2n) is 4.54. The van der Waals surface area contributed by atoms with Gasteiger partial charge in [0.2, 0.25) is 5.91 Å². The number of nitrogens with zero attached hydrogens (tertiary/aromatic N) is 1. The Labute approximate surface area is 85.8 Å². The number of piperidine rings is 1. The van der Waals surface area contributed by atoms with Crippen LogP contribution in [0, 0.1) is 5.92 Å². The molecule has 1 aliphatic carbocycles. The van der Waals surface area contributed by atoms with E-state index in [4.69, 9.17) is 0 Å². The van der Waals surface area contributed by atoms with Crippen LogP contribution in [-0.4, -0.2) is 37.0 Å². The van der Waals surface area contributed by atoms with Crippen LogP contribution in [0.1, 0.15) is 32.1 Å². The number of amides is 1. The van der Waals surface area contributed by atoms with Gasteiger partial charge in [-0.1, -0.05) is 0 Å². The van der Waals surface area contributed by atoms with Gasteiger partial charge in [0.05, 0.1) is 0 Å². The summed E-state index contributed by atoms with van der Waals surface area (Å²) in [5.41, 5.74) is 0. The van der Waals surface area contributed by atoms with Crippen LogP contribution >= 0.6 is 0 Å². The standard InChI is InChI=1S/C11H20N2O/c1-12-10-7-9(8-10)11(14)13-5-3-2-4-6-13/h9-10,12H,2-8H2,1H3. The Morgan fingerprint density at radius 1 is 1.21 bits per heavy atom. The van der Waals surface area contributed by atoms with E-state index in [9.17, 15) is 4.79 Å². The molecule has 0 aromatic heterocycles. The average Bonchev–Trinajstić information content (AvgIpc) is 2.17. The fourth-order valence-electron chi connectivity index (χ4n) is 2.43. The van der Waals surface area contributed by atoms with Crippen molar-refractivity contribution in [1.29, 1.82) is 0 Å². The van der Waals surface area contributed by atoms with Gasteiger partial charge in [-0.3, -0.25) is 4.79 Å². The van der Waals surface area contributed by atoms with Crippen LogP contribution in [0.15, 0.2) is 0 Å².